The maximum atomic E-state index is 12.9. The van der Waals surface area contributed by atoms with E-state index in [0.29, 0.717) is 49.3 Å². The van der Waals surface area contributed by atoms with Crippen molar-refractivity contribution in [1.29, 1.82) is 0 Å². The van der Waals surface area contributed by atoms with Crippen LogP contribution in [0.25, 0.3) is 0 Å². The van der Waals surface area contributed by atoms with E-state index in [0.717, 1.165) is 19.3 Å². The highest BCUT2D eigenvalue weighted by Crippen LogP contribution is 2.55. The molecule has 0 aromatic heterocycles. The van der Waals surface area contributed by atoms with Crippen LogP contribution in [0.5, 0.6) is 11.5 Å². The molecule has 63 heavy (non-hydrogen) atoms. The Morgan fingerprint density at radius 3 is 2.29 bits per heavy atom. The van der Waals surface area contributed by atoms with Crippen molar-refractivity contribution in [3.63, 3.8) is 0 Å². The van der Waals surface area contributed by atoms with Crippen molar-refractivity contribution in [3.05, 3.63) is 54.6 Å². The standard InChI is InChI=1S/C49H71NO13/c1-10-47(21-20-39(60-47)46(8)22-23-48(63-46)26-37(51)31(5)42(61-48)32(6)41(56-9)33(7)44(52)53)43-29(3)25-38(59-43)40-28(2)24-30(4)49(55,62-40)27-57-45(54)50-34-16-18-36(19-17-34)58-35-14-12-11-13-15-35/h11-19,28-33,37-43,51,55H,10,20-27H2,1-9H3,(H,50,54)(H,52,53). The van der Waals surface area contributed by atoms with Crippen molar-refractivity contribution in [2.24, 2.45) is 35.5 Å². The lowest BCUT2D eigenvalue weighted by atomic mass is 9.78. The highest BCUT2D eigenvalue weighted by atomic mass is 16.7. The molecular weight excluding hydrogens is 811 g/mol. The minimum absolute atomic E-state index is 0.0742. The van der Waals surface area contributed by atoms with E-state index in [2.05, 4.69) is 33.0 Å². The predicted molar refractivity (Wildman–Crippen MR) is 233 cm³/mol. The van der Waals surface area contributed by atoms with Crippen molar-refractivity contribution in [1.82, 2.24) is 0 Å². The van der Waals surface area contributed by atoms with E-state index in [1.807, 2.05) is 51.1 Å². The number of carbonyl (C=O) groups is 2. The first kappa shape index (κ1) is 47.6. The zero-order chi connectivity index (χ0) is 45.5. The third-order valence-electron chi connectivity index (χ3n) is 15.3. The van der Waals surface area contributed by atoms with E-state index >= 15 is 0 Å². The summed E-state index contributed by atoms with van der Waals surface area (Å²) in [6, 6.07) is 16.4. The Hall–Kier alpha value is -3.34. The van der Waals surface area contributed by atoms with Gasteiger partial charge in [-0.2, -0.15) is 0 Å². The first-order valence-corrected chi connectivity index (χ1v) is 23.2. The summed E-state index contributed by atoms with van der Waals surface area (Å²) < 4.78 is 51.6. The molecule has 14 heteroatoms. The van der Waals surface area contributed by atoms with E-state index in [4.69, 9.17) is 37.9 Å². The van der Waals surface area contributed by atoms with Crippen LogP contribution in [-0.4, -0.2) is 107 Å². The lowest BCUT2D eigenvalue weighted by molar-refractivity contribution is -0.336. The maximum absolute atomic E-state index is 12.9. The number of methoxy groups -OCH3 is 1. The lowest BCUT2D eigenvalue weighted by Gasteiger charge is -2.49. The largest absolute Gasteiger partial charge is 0.481 e. The summed E-state index contributed by atoms with van der Waals surface area (Å²) in [6.07, 6.45) is 1.47. The van der Waals surface area contributed by atoms with Crippen molar-refractivity contribution in [2.45, 2.75) is 172 Å². The van der Waals surface area contributed by atoms with Crippen molar-refractivity contribution in [2.75, 3.05) is 19.0 Å². The van der Waals surface area contributed by atoms with Gasteiger partial charge in [-0.25, -0.2) is 4.79 Å². The van der Waals surface area contributed by atoms with Gasteiger partial charge in [-0.15, -0.1) is 0 Å². The molecule has 0 aliphatic carbocycles. The Balaban J connectivity index is 0.960. The number of amides is 1. The molecule has 1 spiro atoms. The number of anilines is 1. The Labute approximate surface area is 372 Å². The Morgan fingerprint density at radius 1 is 0.921 bits per heavy atom. The van der Waals surface area contributed by atoms with E-state index in [9.17, 15) is 24.9 Å². The monoisotopic (exact) mass is 881 g/mol. The van der Waals surface area contributed by atoms with Crippen LogP contribution in [0.15, 0.2) is 54.6 Å². The number of hydrogen-bond donors (Lipinski definition) is 4. The molecular formula is C49H71NO13. The summed E-state index contributed by atoms with van der Waals surface area (Å²) in [5.41, 5.74) is -0.752. The molecule has 5 heterocycles. The molecule has 17 atom stereocenters. The summed E-state index contributed by atoms with van der Waals surface area (Å²) in [7, 11) is 1.52. The number of hydrogen-bond acceptors (Lipinski definition) is 12. The lowest BCUT2D eigenvalue weighted by Crippen LogP contribution is -2.57. The predicted octanol–water partition coefficient (Wildman–Crippen LogP) is 8.32. The minimum atomic E-state index is -1.71. The number of rotatable bonds is 14. The fraction of sp³-hybridized carbons (Fsp3) is 0.714. The van der Waals surface area contributed by atoms with Crippen molar-refractivity contribution < 1.29 is 62.8 Å². The number of aliphatic hydroxyl groups excluding tert-OH is 1. The molecule has 14 nitrogen and oxygen atoms in total. The number of benzene rings is 2. The molecule has 5 saturated heterocycles. The molecule has 4 N–H and O–H groups in total. The van der Waals surface area contributed by atoms with Crippen molar-refractivity contribution >= 4 is 17.7 Å². The highest BCUT2D eigenvalue weighted by Gasteiger charge is 2.62. The van der Waals surface area contributed by atoms with Gasteiger partial charge < -0.3 is 53.2 Å². The van der Waals surface area contributed by atoms with Gasteiger partial charge in [-0.1, -0.05) is 59.7 Å². The summed E-state index contributed by atoms with van der Waals surface area (Å²) >= 11 is 0. The molecule has 0 radical (unpaired) electrons. The van der Waals surface area contributed by atoms with Gasteiger partial charge in [0.15, 0.2) is 5.79 Å². The highest BCUT2D eigenvalue weighted by molar-refractivity contribution is 5.84. The average molecular weight is 882 g/mol. The minimum Gasteiger partial charge on any atom is -0.481 e. The third kappa shape index (κ3) is 9.79. The van der Waals surface area contributed by atoms with Crippen molar-refractivity contribution in [3.8, 4) is 11.5 Å². The Kier molecular flexibility index (Phi) is 14.3. The molecule has 7 rings (SSSR count). The number of carboxylic acid groups (broad SMARTS) is 1. The quantitative estimate of drug-likeness (QED) is 0.142. The van der Waals surface area contributed by atoms with Gasteiger partial charge in [0.1, 0.15) is 18.1 Å². The number of aliphatic hydroxyl groups is 2. The van der Waals surface area contributed by atoms with Crippen LogP contribution >= 0.6 is 0 Å². The second-order valence-electron chi connectivity index (χ2n) is 19.8. The van der Waals surface area contributed by atoms with Crippen LogP contribution in [-0.2, 0) is 38.0 Å². The average Bonchev–Trinajstić information content (AvgIpc) is 3.97. The van der Waals surface area contributed by atoms with Crippen LogP contribution < -0.4 is 10.1 Å². The number of ether oxygens (including phenoxy) is 8. The number of nitrogens with one attached hydrogen (secondary N) is 1. The SMILES string of the molecule is CCC1(C2OC(C3OC(O)(COC(=O)Nc4ccc(Oc5ccccc5)cc4)C(C)CC3C)CC2C)CCC(C2(C)CCC3(CC(O)C(C)C(C(C)C(OC)C(C)C(=O)O)O3)O2)O1. The van der Waals surface area contributed by atoms with Gasteiger partial charge in [-0.05, 0) is 101 Å². The molecule has 1 amide bonds. The number of carboxylic acids is 1. The zero-order valence-corrected chi connectivity index (χ0v) is 38.5. The second kappa shape index (κ2) is 18.9. The van der Waals surface area contributed by atoms with E-state index < -0.39 is 65.2 Å². The molecule has 5 aliphatic rings. The van der Waals surface area contributed by atoms with Crippen LogP contribution in [0, 0.1) is 35.5 Å². The van der Waals surface area contributed by atoms with Gasteiger partial charge in [0.05, 0.1) is 59.8 Å². The number of para-hydroxylation sites is 1. The van der Waals surface area contributed by atoms with E-state index in [1.54, 1.807) is 31.2 Å². The van der Waals surface area contributed by atoms with Crippen LogP contribution in [0.2, 0.25) is 0 Å². The zero-order valence-electron chi connectivity index (χ0n) is 38.5. The second-order valence-corrected chi connectivity index (χ2v) is 19.8. The smallest absolute Gasteiger partial charge is 0.411 e. The summed E-state index contributed by atoms with van der Waals surface area (Å²) in [5, 5.41) is 35.8. The molecule has 17 unspecified atom stereocenters. The normalized spacial score (nSPS) is 40.6. The van der Waals surface area contributed by atoms with E-state index in [1.165, 1.54) is 7.11 Å². The van der Waals surface area contributed by atoms with Gasteiger partial charge in [0, 0.05) is 43.4 Å². The molecule has 0 saturated carbocycles. The van der Waals surface area contributed by atoms with Gasteiger partial charge in [-0.3, -0.25) is 10.1 Å². The first-order valence-electron chi connectivity index (χ1n) is 23.2. The Bertz CT molecular complexity index is 1870. The number of carbonyl (C=O) groups excluding carboxylic acids is 1. The number of aliphatic carboxylic acids is 1. The topological polar surface area (TPSA) is 181 Å². The third-order valence-corrected chi connectivity index (χ3v) is 15.3. The maximum Gasteiger partial charge on any atom is 0.411 e. The van der Waals surface area contributed by atoms with Crippen LogP contribution in [0.3, 0.4) is 0 Å². The summed E-state index contributed by atoms with van der Waals surface area (Å²) in [5.74, 6) is -3.78. The van der Waals surface area contributed by atoms with E-state index in [-0.39, 0.29) is 54.5 Å². The van der Waals surface area contributed by atoms with Gasteiger partial charge >= 0.3 is 12.1 Å². The molecule has 350 valence electrons. The molecule has 5 aliphatic heterocycles. The first-order chi connectivity index (χ1) is 29.8. The summed E-state index contributed by atoms with van der Waals surface area (Å²) in [4.78, 5) is 24.9. The summed E-state index contributed by atoms with van der Waals surface area (Å²) in [6.45, 7) is 15.6. The fourth-order valence-electron chi connectivity index (χ4n) is 11.4. The van der Waals surface area contributed by atoms with Crippen LogP contribution in [0.1, 0.15) is 107 Å². The van der Waals surface area contributed by atoms with Gasteiger partial charge in [0.2, 0.25) is 5.79 Å². The fourth-order valence-corrected chi connectivity index (χ4v) is 11.4. The molecule has 2 aromatic rings. The van der Waals surface area contributed by atoms with Crippen LogP contribution in [0.4, 0.5) is 10.5 Å². The molecule has 0 bridgehead atoms. The van der Waals surface area contributed by atoms with Gasteiger partial charge in [0.25, 0.3) is 0 Å². The molecule has 2 aromatic carbocycles. The Morgan fingerprint density at radius 2 is 1.62 bits per heavy atom. The molecule has 5 fully saturated rings.